The summed E-state index contributed by atoms with van der Waals surface area (Å²) in [5.74, 6) is 1.42. The van der Waals surface area contributed by atoms with Crippen LogP contribution in [-0.2, 0) is 0 Å². The molecular weight excluding hydrogens is 293 g/mol. The van der Waals surface area contributed by atoms with Crippen molar-refractivity contribution in [1.29, 1.82) is 5.26 Å². The Labute approximate surface area is 134 Å². The van der Waals surface area contributed by atoms with Gasteiger partial charge in [0, 0.05) is 19.0 Å². The number of oxazole rings is 1. The number of nitriles is 1. The van der Waals surface area contributed by atoms with Gasteiger partial charge < -0.3 is 9.32 Å². The molecule has 2 unspecified atom stereocenters. The van der Waals surface area contributed by atoms with E-state index in [1.807, 2.05) is 6.07 Å². The number of piperidine rings is 1. The first-order valence-electron chi connectivity index (χ1n) is 8.17. The minimum absolute atomic E-state index is 0.155. The minimum Gasteiger partial charge on any atom is -0.423 e. The molecule has 1 saturated heterocycles. The van der Waals surface area contributed by atoms with E-state index < -0.39 is 0 Å². The molecule has 4 nitrogen and oxygen atoms in total. The van der Waals surface area contributed by atoms with Gasteiger partial charge in [-0.3, -0.25) is 0 Å². The molecule has 1 aromatic heterocycles. The summed E-state index contributed by atoms with van der Waals surface area (Å²) in [6, 6.07) is 8.85. The summed E-state index contributed by atoms with van der Waals surface area (Å²) in [6.45, 7) is 1.84. The van der Waals surface area contributed by atoms with E-state index in [-0.39, 0.29) is 17.7 Å². The van der Waals surface area contributed by atoms with E-state index in [0.717, 1.165) is 37.9 Å². The fourth-order valence-corrected chi connectivity index (χ4v) is 3.44. The Morgan fingerprint density at radius 3 is 2.78 bits per heavy atom. The second-order valence-corrected chi connectivity index (χ2v) is 6.37. The summed E-state index contributed by atoms with van der Waals surface area (Å²) in [6.07, 6.45) is 4.37. The van der Waals surface area contributed by atoms with Crippen molar-refractivity contribution < 1.29 is 8.81 Å². The Morgan fingerprint density at radius 1 is 1.22 bits per heavy atom. The van der Waals surface area contributed by atoms with Crippen LogP contribution in [0.4, 0.5) is 10.3 Å². The number of aromatic nitrogens is 1. The predicted octanol–water partition coefficient (Wildman–Crippen LogP) is 3.95. The third-order valence-corrected chi connectivity index (χ3v) is 4.76. The Hall–Kier alpha value is -2.35. The van der Waals surface area contributed by atoms with Crippen LogP contribution in [0.2, 0.25) is 0 Å². The van der Waals surface area contributed by atoms with Crippen LogP contribution in [0.1, 0.15) is 54.7 Å². The number of halogens is 1. The molecule has 4 rings (SSSR count). The highest BCUT2D eigenvalue weighted by molar-refractivity contribution is 5.49. The number of rotatable bonds is 3. The van der Waals surface area contributed by atoms with Crippen molar-refractivity contribution in [1.82, 2.24) is 4.98 Å². The van der Waals surface area contributed by atoms with Gasteiger partial charge in [0.05, 0.1) is 0 Å². The van der Waals surface area contributed by atoms with E-state index in [2.05, 4.69) is 16.0 Å². The maximum absolute atomic E-state index is 13.4. The highest BCUT2D eigenvalue weighted by Gasteiger charge is 2.44. The smallest absolute Gasteiger partial charge is 0.234 e. The van der Waals surface area contributed by atoms with Crippen molar-refractivity contribution in [3.8, 4) is 6.07 Å². The minimum atomic E-state index is -0.215. The normalized spacial score (nSPS) is 23.6. The average molecular weight is 311 g/mol. The van der Waals surface area contributed by atoms with Crippen LogP contribution in [0, 0.1) is 17.1 Å². The second-order valence-electron chi connectivity index (χ2n) is 6.37. The van der Waals surface area contributed by atoms with Crippen LogP contribution in [-0.4, -0.2) is 18.1 Å². The summed E-state index contributed by atoms with van der Waals surface area (Å²) in [7, 11) is 0. The molecule has 2 aliphatic rings. The quantitative estimate of drug-likeness (QED) is 0.861. The zero-order chi connectivity index (χ0) is 15.8. The standard InChI is InChI=1S/C18H18FN3O/c19-13-6-4-5-12(9-13)14-10-15(14)17-21-16(11-20)18(23-17)22-7-2-1-3-8-22/h4-6,9,14-15H,1-3,7-8,10H2. The fourth-order valence-electron chi connectivity index (χ4n) is 3.44. The lowest BCUT2D eigenvalue weighted by Crippen LogP contribution is -2.29. The van der Waals surface area contributed by atoms with Gasteiger partial charge in [-0.2, -0.15) is 5.26 Å². The highest BCUT2D eigenvalue weighted by atomic mass is 19.1. The van der Waals surface area contributed by atoms with Crippen molar-refractivity contribution >= 4 is 5.88 Å². The second kappa shape index (κ2) is 5.69. The molecule has 23 heavy (non-hydrogen) atoms. The van der Waals surface area contributed by atoms with E-state index in [4.69, 9.17) is 4.42 Å². The molecule has 2 aromatic rings. The van der Waals surface area contributed by atoms with Crippen LogP contribution < -0.4 is 4.90 Å². The lowest BCUT2D eigenvalue weighted by molar-refractivity contribution is 0.463. The predicted molar refractivity (Wildman–Crippen MR) is 83.8 cm³/mol. The number of hydrogen-bond donors (Lipinski definition) is 0. The van der Waals surface area contributed by atoms with E-state index >= 15 is 0 Å². The molecule has 1 aliphatic carbocycles. The average Bonchev–Trinajstić information content (AvgIpc) is 3.27. The van der Waals surface area contributed by atoms with Gasteiger partial charge in [-0.05, 0) is 49.3 Å². The maximum atomic E-state index is 13.4. The zero-order valence-corrected chi connectivity index (χ0v) is 12.8. The van der Waals surface area contributed by atoms with Gasteiger partial charge >= 0.3 is 0 Å². The molecule has 0 amide bonds. The Kier molecular flexibility index (Phi) is 3.53. The van der Waals surface area contributed by atoms with Gasteiger partial charge in [-0.1, -0.05) is 12.1 Å². The number of anilines is 1. The van der Waals surface area contributed by atoms with Gasteiger partial charge in [-0.25, -0.2) is 9.37 Å². The maximum Gasteiger partial charge on any atom is 0.234 e. The number of nitrogens with zero attached hydrogens (tertiary/aromatic N) is 3. The third-order valence-electron chi connectivity index (χ3n) is 4.76. The van der Waals surface area contributed by atoms with Crippen LogP contribution in [0.3, 0.4) is 0 Å². The number of hydrogen-bond acceptors (Lipinski definition) is 4. The lowest BCUT2D eigenvalue weighted by atomic mass is 10.1. The fraction of sp³-hybridized carbons (Fsp3) is 0.444. The highest BCUT2D eigenvalue weighted by Crippen LogP contribution is 2.55. The Bertz CT molecular complexity index is 758. The van der Waals surface area contributed by atoms with E-state index in [1.165, 1.54) is 12.5 Å². The first-order valence-corrected chi connectivity index (χ1v) is 8.17. The molecule has 0 bridgehead atoms. The molecule has 2 heterocycles. The number of benzene rings is 1. The first kappa shape index (κ1) is 14.3. The van der Waals surface area contributed by atoms with Crippen molar-refractivity contribution in [3.63, 3.8) is 0 Å². The van der Waals surface area contributed by atoms with Gasteiger partial charge in [0.15, 0.2) is 0 Å². The van der Waals surface area contributed by atoms with Crippen molar-refractivity contribution in [2.45, 2.75) is 37.5 Å². The molecule has 2 fully saturated rings. The monoisotopic (exact) mass is 311 g/mol. The molecule has 5 heteroatoms. The largest absolute Gasteiger partial charge is 0.423 e. The molecule has 1 aliphatic heterocycles. The summed E-state index contributed by atoms with van der Waals surface area (Å²) in [5, 5.41) is 9.34. The van der Waals surface area contributed by atoms with Gasteiger partial charge in [-0.15, -0.1) is 0 Å². The van der Waals surface area contributed by atoms with Crippen LogP contribution >= 0.6 is 0 Å². The summed E-state index contributed by atoms with van der Waals surface area (Å²) >= 11 is 0. The topological polar surface area (TPSA) is 53.1 Å². The molecule has 1 aromatic carbocycles. The molecular formula is C18H18FN3O. The molecule has 0 radical (unpaired) electrons. The van der Waals surface area contributed by atoms with Gasteiger partial charge in [0.1, 0.15) is 11.9 Å². The summed E-state index contributed by atoms with van der Waals surface area (Å²) in [4.78, 5) is 6.52. The zero-order valence-electron chi connectivity index (χ0n) is 12.8. The molecule has 0 N–H and O–H groups in total. The first-order chi connectivity index (χ1) is 11.3. The Balaban J connectivity index is 1.57. The SMILES string of the molecule is N#Cc1nc(C2CC2c2cccc(F)c2)oc1N1CCCCC1. The van der Waals surface area contributed by atoms with Gasteiger partial charge in [0.2, 0.25) is 17.5 Å². The molecule has 0 spiro atoms. The van der Waals surface area contributed by atoms with Crippen molar-refractivity contribution in [2.24, 2.45) is 0 Å². The van der Waals surface area contributed by atoms with E-state index in [1.54, 1.807) is 12.1 Å². The summed E-state index contributed by atoms with van der Waals surface area (Å²) in [5.41, 5.74) is 1.36. The molecule has 118 valence electrons. The Morgan fingerprint density at radius 2 is 2.04 bits per heavy atom. The summed E-state index contributed by atoms with van der Waals surface area (Å²) < 4.78 is 19.3. The van der Waals surface area contributed by atoms with Crippen LogP contribution in [0.25, 0.3) is 0 Å². The van der Waals surface area contributed by atoms with Crippen LogP contribution in [0.15, 0.2) is 28.7 Å². The van der Waals surface area contributed by atoms with Crippen molar-refractivity contribution in [2.75, 3.05) is 18.0 Å². The lowest BCUT2D eigenvalue weighted by Gasteiger charge is -2.25. The van der Waals surface area contributed by atoms with E-state index in [9.17, 15) is 9.65 Å². The third kappa shape index (κ3) is 2.70. The molecule has 2 atom stereocenters. The van der Waals surface area contributed by atoms with Crippen LogP contribution in [0.5, 0.6) is 0 Å². The van der Waals surface area contributed by atoms with Gasteiger partial charge in [0.25, 0.3) is 0 Å². The molecule has 1 saturated carbocycles. The van der Waals surface area contributed by atoms with E-state index in [0.29, 0.717) is 17.5 Å². The van der Waals surface area contributed by atoms with Crippen molar-refractivity contribution in [3.05, 3.63) is 47.2 Å².